The maximum Gasteiger partial charge on any atom is 0.413 e. The number of benzene rings is 2. The Labute approximate surface area is 196 Å². The summed E-state index contributed by atoms with van der Waals surface area (Å²) in [4.78, 5) is 21.2. The molecular formula is C26H24FN3O4. The molecule has 0 saturated carbocycles. The Kier molecular flexibility index (Phi) is 5.32. The van der Waals surface area contributed by atoms with E-state index < -0.39 is 23.2 Å². The molecule has 1 aromatic heterocycles. The third-order valence-electron chi connectivity index (χ3n) is 5.57. The standard InChI is InChI=1S/C26H24FN3O4/c1-25(2,3)34-24(31)29-22-14-32-15-26(30-22)18-8-4-5-9-20(18)33-21-11-10-16(13-19(21)26)17-7-6-12-28-23(17)27/h4-13H,14-15H2,1-3H3,(H,29,30,31)/t26-/m1/s1. The van der Waals surface area contributed by atoms with Crippen molar-refractivity contribution in [1.82, 2.24) is 10.3 Å². The molecule has 3 heterocycles. The Balaban J connectivity index is 1.64. The predicted octanol–water partition coefficient (Wildman–Crippen LogP) is 5.19. The minimum atomic E-state index is -0.999. The van der Waals surface area contributed by atoms with Crippen LogP contribution in [0.25, 0.3) is 11.1 Å². The first-order valence-corrected chi connectivity index (χ1v) is 10.9. The molecule has 2 aliphatic heterocycles. The van der Waals surface area contributed by atoms with Crippen molar-refractivity contribution in [2.45, 2.75) is 31.9 Å². The number of alkyl carbamates (subject to hydrolysis) is 1. The number of fused-ring (bicyclic) bond motifs is 4. The Hall–Kier alpha value is -3.78. The first-order chi connectivity index (χ1) is 16.2. The van der Waals surface area contributed by atoms with Crippen molar-refractivity contribution < 1.29 is 23.4 Å². The molecule has 2 aliphatic rings. The third-order valence-corrected chi connectivity index (χ3v) is 5.57. The number of halogens is 1. The molecule has 174 valence electrons. The van der Waals surface area contributed by atoms with Gasteiger partial charge in [0.05, 0.1) is 6.61 Å². The number of para-hydroxylation sites is 1. The average molecular weight is 461 g/mol. The van der Waals surface area contributed by atoms with Gasteiger partial charge in [0.1, 0.15) is 35.1 Å². The first-order valence-electron chi connectivity index (χ1n) is 10.9. The van der Waals surface area contributed by atoms with Gasteiger partial charge in [0.25, 0.3) is 0 Å². The lowest BCUT2D eigenvalue weighted by Crippen LogP contribution is -2.46. The van der Waals surface area contributed by atoms with Gasteiger partial charge in [-0.1, -0.05) is 24.3 Å². The summed E-state index contributed by atoms with van der Waals surface area (Å²) in [6.45, 7) is 5.71. The quantitative estimate of drug-likeness (QED) is 0.505. The fourth-order valence-corrected chi connectivity index (χ4v) is 4.22. The van der Waals surface area contributed by atoms with Crippen molar-refractivity contribution in [1.29, 1.82) is 0 Å². The number of rotatable bonds is 1. The summed E-state index contributed by atoms with van der Waals surface area (Å²) in [6.07, 6.45) is 0.796. The molecular weight excluding hydrogens is 437 g/mol. The number of ether oxygens (including phenoxy) is 3. The molecule has 34 heavy (non-hydrogen) atoms. The zero-order chi connectivity index (χ0) is 23.9. The second kappa shape index (κ2) is 8.22. The van der Waals surface area contributed by atoms with Crippen LogP contribution >= 0.6 is 0 Å². The molecule has 5 rings (SSSR count). The van der Waals surface area contributed by atoms with Crippen LogP contribution in [0.15, 0.2) is 65.8 Å². The van der Waals surface area contributed by atoms with Gasteiger partial charge >= 0.3 is 6.09 Å². The highest BCUT2D eigenvalue weighted by Crippen LogP contribution is 2.51. The number of aliphatic imine (C=N–C) groups is 1. The van der Waals surface area contributed by atoms with Crippen LogP contribution in [0, 0.1) is 5.95 Å². The molecule has 0 saturated heterocycles. The molecule has 0 bridgehead atoms. The maximum absolute atomic E-state index is 14.5. The number of carbonyl (C=O) groups is 1. The fraction of sp³-hybridized carbons (Fsp3) is 0.269. The van der Waals surface area contributed by atoms with Crippen molar-refractivity contribution in [3.63, 3.8) is 0 Å². The van der Waals surface area contributed by atoms with E-state index in [9.17, 15) is 9.18 Å². The second-order valence-corrected chi connectivity index (χ2v) is 9.19. The highest BCUT2D eigenvalue weighted by atomic mass is 19.1. The van der Waals surface area contributed by atoms with E-state index in [1.807, 2.05) is 30.3 Å². The van der Waals surface area contributed by atoms with Gasteiger partial charge in [0.2, 0.25) is 5.95 Å². The number of hydrogen-bond acceptors (Lipinski definition) is 6. The first kappa shape index (κ1) is 22.0. The Morgan fingerprint density at radius 2 is 1.88 bits per heavy atom. The van der Waals surface area contributed by atoms with E-state index in [1.165, 1.54) is 6.20 Å². The summed E-state index contributed by atoms with van der Waals surface area (Å²) in [7, 11) is 0. The van der Waals surface area contributed by atoms with Gasteiger partial charge in [0, 0.05) is 22.9 Å². The van der Waals surface area contributed by atoms with E-state index in [0.29, 0.717) is 34.0 Å². The summed E-state index contributed by atoms with van der Waals surface area (Å²) in [5.41, 5.74) is 0.839. The number of aromatic nitrogens is 1. The summed E-state index contributed by atoms with van der Waals surface area (Å²) in [5, 5.41) is 2.72. The van der Waals surface area contributed by atoms with Gasteiger partial charge in [-0.05, 0) is 56.7 Å². The molecule has 0 aliphatic carbocycles. The number of nitrogens with one attached hydrogen (secondary N) is 1. The van der Waals surface area contributed by atoms with Crippen LogP contribution in [-0.2, 0) is 15.0 Å². The monoisotopic (exact) mass is 461 g/mol. The van der Waals surface area contributed by atoms with Crippen molar-refractivity contribution in [3.8, 4) is 22.6 Å². The SMILES string of the molecule is CC(C)(C)OC(=O)NC1=N[C@]2(COC1)c1ccccc1Oc1ccc(-c3cccnc3F)cc12. The molecule has 1 atom stereocenters. The minimum Gasteiger partial charge on any atom is -0.457 e. The zero-order valence-electron chi connectivity index (χ0n) is 19.1. The van der Waals surface area contributed by atoms with Crippen LogP contribution in [-0.4, -0.2) is 35.7 Å². The lowest BCUT2D eigenvalue weighted by Gasteiger charge is -2.40. The van der Waals surface area contributed by atoms with Gasteiger partial charge in [-0.3, -0.25) is 10.3 Å². The Morgan fingerprint density at radius 1 is 1.09 bits per heavy atom. The lowest BCUT2D eigenvalue weighted by atomic mass is 9.79. The third kappa shape index (κ3) is 4.01. The molecule has 7 nitrogen and oxygen atoms in total. The van der Waals surface area contributed by atoms with Crippen LogP contribution in [0.3, 0.4) is 0 Å². The predicted molar refractivity (Wildman–Crippen MR) is 125 cm³/mol. The normalized spacial score (nSPS) is 18.9. The summed E-state index contributed by atoms with van der Waals surface area (Å²) in [6, 6.07) is 16.3. The van der Waals surface area contributed by atoms with Crippen LogP contribution in [0.1, 0.15) is 31.9 Å². The van der Waals surface area contributed by atoms with E-state index in [-0.39, 0.29) is 13.2 Å². The molecule has 0 unspecified atom stereocenters. The second-order valence-electron chi connectivity index (χ2n) is 9.19. The number of hydrogen-bond donors (Lipinski definition) is 1. The highest BCUT2D eigenvalue weighted by Gasteiger charge is 2.45. The number of amides is 1. The zero-order valence-corrected chi connectivity index (χ0v) is 19.1. The molecule has 3 aromatic rings. The van der Waals surface area contributed by atoms with Crippen LogP contribution < -0.4 is 10.1 Å². The van der Waals surface area contributed by atoms with Crippen LogP contribution in [0.2, 0.25) is 0 Å². The molecule has 0 fully saturated rings. The van der Waals surface area contributed by atoms with Crippen molar-refractivity contribution in [3.05, 3.63) is 77.9 Å². The van der Waals surface area contributed by atoms with Gasteiger partial charge in [-0.15, -0.1) is 0 Å². The van der Waals surface area contributed by atoms with E-state index in [2.05, 4.69) is 10.3 Å². The van der Waals surface area contributed by atoms with Crippen LogP contribution in [0.5, 0.6) is 11.5 Å². The Bertz CT molecular complexity index is 1300. The highest BCUT2D eigenvalue weighted by molar-refractivity contribution is 5.97. The largest absolute Gasteiger partial charge is 0.457 e. The van der Waals surface area contributed by atoms with E-state index in [0.717, 1.165) is 5.56 Å². The molecule has 1 amide bonds. The number of amidine groups is 1. The van der Waals surface area contributed by atoms with E-state index in [4.69, 9.17) is 19.2 Å². The molecule has 1 N–H and O–H groups in total. The summed E-state index contributed by atoms with van der Waals surface area (Å²) >= 11 is 0. The van der Waals surface area contributed by atoms with Gasteiger partial charge in [0.15, 0.2) is 0 Å². The van der Waals surface area contributed by atoms with E-state index >= 15 is 0 Å². The maximum atomic E-state index is 14.5. The summed E-state index contributed by atoms with van der Waals surface area (Å²) < 4.78 is 32.0. The molecule has 0 radical (unpaired) electrons. The Morgan fingerprint density at radius 3 is 2.68 bits per heavy atom. The molecule has 8 heteroatoms. The fourth-order valence-electron chi connectivity index (χ4n) is 4.22. The van der Waals surface area contributed by atoms with Crippen LogP contribution in [0.4, 0.5) is 9.18 Å². The van der Waals surface area contributed by atoms with Gasteiger partial charge < -0.3 is 14.2 Å². The van der Waals surface area contributed by atoms with E-state index in [1.54, 1.807) is 45.0 Å². The lowest BCUT2D eigenvalue weighted by molar-refractivity contribution is 0.0545. The number of carbonyl (C=O) groups excluding carboxylic acids is 1. The van der Waals surface area contributed by atoms with Crippen molar-refractivity contribution in [2.75, 3.05) is 13.2 Å². The number of pyridine rings is 1. The number of nitrogens with zero attached hydrogens (tertiary/aromatic N) is 2. The minimum absolute atomic E-state index is 0.121. The van der Waals surface area contributed by atoms with Gasteiger partial charge in [-0.2, -0.15) is 4.39 Å². The smallest absolute Gasteiger partial charge is 0.413 e. The molecule has 1 spiro atoms. The summed E-state index contributed by atoms with van der Waals surface area (Å²) in [5.74, 6) is 0.990. The topological polar surface area (TPSA) is 82.0 Å². The van der Waals surface area contributed by atoms with Crippen molar-refractivity contribution in [2.24, 2.45) is 4.99 Å². The van der Waals surface area contributed by atoms with Crippen molar-refractivity contribution >= 4 is 11.9 Å². The van der Waals surface area contributed by atoms with Gasteiger partial charge in [-0.25, -0.2) is 9.78 Å². The average Bonchev–Trinajstić information content (AvgIpc) is 2.79. The molecule has 2 aromatic carbocycles.